The third kappa shape index (κ3) is 8.60. The second kappa shape index (κ2) is 15.8. The van der Waals surface area contributed by atoms with Crippen molar-refractivity contribution >= 4 is 22.6 Å². The molecule has 9 nitrogen and oxygen atoms in total. The fourth-order valence-electron chi connectivity index (χ4n) is 5.01. The van der Waals surface area contributed by atoms with Crippen LogP contribution in [0.4, 0.5) is 8.78 Å². The number of amides is 1. The summed E-state index contributed by atoms with van der Waals surface area (Å²) in [5.74, 6) is 4.22. The maximum atomic E-state index is 13.6. The molecule has 0 radical (unpaired) electrons. The maximum Gasteiger partial charge on any atom is 0.264 e. The number of ketones is 1. The topological polar surface area (TPSA) is 107 Å². The number of fused-ring (bicyclic) bond motifs is 1. The van der Waals surface area contributed by atoms with Crippen LogP contribution in [0.2, 0.25) is 0 Å². The van der Waals surface area contributed by atoms with Crippen LogP contribution in [0.5, 0.6) is 0 Å². The molecule has 0 fully saturated rings. The first-order valence-electron chi connectivity index (χ1n) is 15.3. The summed E-state index contributed by atoms with van der Waals surface area (Å²) in [5.41, 5.74) is 2.81. The number of rotatable bonds is 12. The summed E-state index contributed by atoms with van der Waals surface area (Å²) in [7, 11) is 3.42. The molecule has 0 N–H and O–H groups in total. The molecule has 0 saturated heterocycles. The van der Waals surface area contributed by atoms with E-state index < -0.39 is 23.0 Å². The third-order valence-electron chi connectivity index (χ3n) is 7.63. The lowest BCUT2D eigenvalue weighted by atomic mass is 10.1. The van der Waals surface area contributed by atoms with E-state index in [-0.39, 0.29) is 30.9 Å². The number of Topliss-reactive ketones (excluding diaryl/α,β-unsaturated/α-hetero) is 1. The number of nitrogens with zero attached hydrogens (tertiary/aromatic N) is 5. The Morgan fingerprint density at radius 2 is 1.77 bits per heavy atom. The SMILES string of the molecule is COCCCN(C)C(=O)c1ccc(Cc2ncc3cc(C#CCCC(=O)c4cncn(Cc5ccc(F)c(F)c5)c4=O)ccc3n2)cc1. The van der Waals surface area contributed by atoms with Gasteiger partial charge in [-0.05, 0) is 60.0 Å². The molecule has 0 aliphatic heterocycles. The smallest absolute Gasteiger partial charge is 0.264 e. The Morgan fingerprint density at radius 1 is 0.979 bits per heavy atom. The average molecular weight is 650 g/mol. The lowest BCUT2D eigenvalue weighted by Gasteiger charge is -2.17. The highest BCUT2D eigenvalue weighted by Crippen LogP contribution is 2.16. The molecule has 1 amide bonds. The zero-order chi connectivity index (χ0) is 34.0. The number of aromatic nitrogens is 4. The molecule has 5 rings (SSSR count). The van der Waals surface area contributed by atoms with Crippen LogP contribution < -0.4 is 5.56 Å². The zero-order valence-corrected chi connectivity index (χ0v) is 26.6. The van der Waals surface area contributed by atoms with E-state index in [0.717, 1.165) is 40.6 Å². The van der Waals surface area contributed by atoms with Crippen molar-refractivity contribution in [3.63, 3.8) is 0 Å². The molecule has 0 unspecified atom stereocenters. The zero-order valence-electron chi connectivity index (χ0n) is 26.6. The summed E-state index contributed by atoms with van der Waals surface area (Å²) in [6.45, 7) is 1.17. The van der Waals surface area contributed by atoms with E-state index in [0.29, 0.717) is 36.5 Å². The highest BCUT2D eigenvalue weighted by Gasteiger charge is 2.14. The lowest BCUT2D eigenvalue weighted by molar-refractivity contribution is 0.0779. The second-order valence-electron chi connectivity index (χ2n) is 11.2. The fraction of sp³-hybridized carbons (Fsp3) is 0.243. The molecule has 3 aromatic carbocycles. The van der Waals surface area contributed by atoms with Crippen molar-refractivity contribution in [2.45, 2.75) is 32.2 Å². The second-order valence-corrected chi connectivity index (χ2v) is 11.2. The van der Waals surface area contributed by atoms with Gasteiger partial charge < -0.3 is 9.64 Å². The number of hydrogen-bond donors (Lipinski definition) is 0. The Balaban J connectivity index is 1.16. The molecule has 0 bridgehead atoms. The van der Waals surface area contributed by atoms with Gasteiger partial charge in [-0.15, -0.1) is 0 Å². The minimum atomic E-state index is -1.02. The van der Waals surface area contributed by atoms with Gasteiger partial charge in [0.15, 0.2) is 17.4 Å². The van der Waals surface area contributed by atoms with Gasteiger partial charge in [-0.1, -0.05) is 30.0 Å². The molecule has 2 heterocycles. The quantitative estimate of drug-likeness (QED) is 0.104. The normalized spacial score (nSPS) is 10.8. The molecule has 11 heteroatoms. The Morgan fingerprint density at radius 3 is 2.54 bits per heavy atom. The Bertz CT molecular complexity index is 2070. The number of carbonyl (C=O) groups excluding carboxylic acids is 2. The number of benzene rings is 3. The first-order chi connectivity index (χ1) is 23.2. The minimum Gasteiger partial charge on any atom is -0.385 e. The molecule has 0 aliphatic carbocycles. The summed E-state index contributed by atoms with van der Waals surface area (Å²) in [6, 6.07) is 16.4. The van der Waals surface area contributed by atoms with E-state index in [4.69, 9.17) is 4.74 Å². The molecule has 0 spiro atoms. The number of halogens is 2. The van der Waals surface area contributed by atoms with Crippen molar-refractivity contribution in [3.05, 3.63) is 135 Å². The van der Waals surface area contributed by atoms with Crippen molar-refractivity contribution in [1.82, 2.24) is 24.4 Å². The van der Waals surface area contributed by atoms with Gasteiger partial charge in [0.1, 0.15) is 11.4 Å². The largest absolute Gasteiger partial charge is 0.385 e. The molecule has 2 aromatic heterocycles. The molecule has 244 valence electrons. The molecule has 0 saturated carbocycles. The molecule has 0 atom stereocenters. The van der Waals surface area contributed by atoms with Crippen molar-refractivity contribution in [3.8, 4) is 11.8 Å². The van der Waals surface area contributed by atoms with E-state index in [9.17, 15) is 23.2 Å². The summed E-state index contributed by atoms with van der Waals surface area (Å²) < 4.78 is 33.0. The van der Waals surface area contributed by atoms with Crippen molar-refractivity contribution in [1.29, 1.82) is 0 Å². The van der Waals surface area contributed by atoms with E-state index in [1.165, 1.54) is 23.2 Å². The van der Waals surface area contributed by atoms with E-state index in [1.807, 2.05) is 42.5 Å². The van der Waals surface area contributed by atoms with Gasteiger partial charge >= 0.3 is 0 Å². The van der Waals surface area contributed by atoms with Crippen molar-refractivity contribution in [2.75, 3.05) is 27.3 Å². The van der Waals surface area contributed by atoms with Crippen LogP contribution in [-0.4, -0.2) is 63.4 Å². The lowest BCUT2D eigenvalue weighted by Crippen LogP contribution is -2.28. The first kappa shape index (κ1) is 33.8. The molecule has 0 aliphatic rings. The monoisotopic (exact) mass is 649 g/mol. The van der Waals surface area contributed by atoms with Gasteiger partial charge in [0, 0.05) is 75.5 Å². The summed E-state index contributed by atoms with van der Waals surface area (Å²) in [4.78, 5) is 53.1. The van der Waals surface area contributed by atoms with Crippen molar-refractivity contribution in [2.24, 2.45) is 0 Å². The predicted octanol–water partition coefficient (Wildman–Crippen LogP) is 5.23. The van der Waals surface area contributed by atoms with Crippen LogP contribution >= 0.6 is 0 Å². The maximum absolute atomic E-state index is 13.6. The fourth-order valence-corrected chi connectivity index (χ4v) is 5.01. The van der Waals surface area contributed by atoms with Gasteiger partial charge in [0.05, 0.1) is 18.4 Å². The van der Waals surface area contributed by atoms with Gasteiger partial charge in [0.2, 0.25) is 0 Å². The molecular formula is C37H33F2N5O4. The van der Waals surface area contributed by atoms with Gasteiger partial charge in [-0.25, -0.2) is 23.7 Å². The Hall–Kier alpha value is -5.60. The molecular weight excluding hydrogens is 616 g/mol. The minimum absolute atomic E-state index is 0.0133. The molecule has 48 heavy (non-hydrogen) atoms. The Kier molecular flexibility index (Phi) is 11.1. The van der Waals surface area contributed by atoms with Gasteiger partial charge in [-0.2, -0.15) is 0 Å². The third-order valence-corrected chi connectivity index (χ3v) is 7.63. The molecule has 5 aromatic rings. The van der Waals surface area contributed by atoms with Crippen LogP contribution in [0.25, 0.3) is 10.9 Å². The van der Waals surface area contributed by atoms with Gasteiger partial charge in [-0.3, -0.25) is 19.0 Å². The highest BCUT2D eigenvalue weighted by atomic mass is 19.2. The number of carbonyl (C=O) groups is 2. The summed E-state index contributed by atoms with van der Waals surface area (Å²) in [5, 5.41) is 0.816. The van der Waals surface area contributed by atoms with Crippen LogP contribution in [0.1, 0.15) is 62.5 Å². The van der Waals surface area contributed by atoms with Crippen LogP contribution in [0, 0.1) is 23.5 Å². The van der Waals surface area contributed by atoms with E-state index >= 15 is 0 Å². The number of hydrogen-bond acceptors (Lipinski definition) is 7. The predicted molar refractivity (Wildman–Crippen MR) is 177 cm³/mol. The standard InChI is InChI=1S/C37H33F2N5O4/c1-43(16-5-17-48-2)36(46)28-12-8-26(9-13-28)20-35-41-21-29-18-25(11-15-33(29)42-35)6-3-4-7-34(45)30-22-40-24-44(37(30)47)23-27-10-14-31(38)32(39)19-27/h8-15,18-19,21-22,24H,4-5,7,16-17,20,23H2,1-2H3. The van der Waals surface area contributed by atoms with Gasteiger partial charge in [0.25, 0.3) is 11.5 Å². The number of methoxy groups -OCH3 is 1. The summed E-state index contributed by atoms with van der Waals surface area (Å²) >= 11 is 0. The van der Waals surface area contributed by atoms with Crippen molar-refractivity contribution < 1.29 is 23.1 Å². The van der Waals surface area contributed by atoms with Crippen LogP contribution in [-0.2, 0) is 17.7 Å². The number of ether oxygens (including phenoxy) is 1. The first-order valence-corrected chi connectivity index (χ1v) is 15.3. The van der Waals surface area contributed by atoms with Crippen LogP contribution in [0.15, 0.2) is 84.2 Å². The average Bonchev–Trinajstić information content (AvgIpc) is 3.09. The summed E-state index contributed by atoms with van der Waals surface area (Å²) in [6.07, 6.45) is 5.72. The van der Waals surface area contributed by atoms with Crippen LogP contribution in [0.3, 0.4) is 0 Å². The van der Waals surface area contributed by atoms with E-state index in [2.05, 4.69) is 26.8 Å². The Labute approximate surface area is 276 Å². The van der Waals surface area contributed by atoms with E-state index in [1.54, 1.807) is 25.3 Å². The highest BCUT2D eigenvalue weighted by molar-refractivity contribution is 5.95.